The number of esters is 1. The average Bonchev–Trinajstić information content (AvgIpc) is 2.41. The number of β-lactam (4-membered cyclic amide) rings is 1. The van der Waals surface area contributed by atoms with Crippen molar-refractivity contribution in [1.82, 2.24) is 4.90 Å². The molecule has 2 rings (SSSR count). The third-order valence-electron chi connectivity index (χ3n) is 3.19. The Morgan fingerprint density at radius 1 is 1.48 bits per heavy atom. The molecule has 4 N–H and O–H groups in total. The smallest absolute Gasteiger partial charge is 0.352 e. The van der Waals surface area contributed by atoms with E-state index < -0.39 is 34.7 Å². The van der Waals surface area contributed by atoms with Gasteiger partial charge in [-0.15, -0.1) is 11.8 Å². The number of nitrogens with zero attached hydrogens (tertiary/aromatic N) is 1. The maximum absolute atomic E-state index is 12.0. The molecule has 0 saturated carbocycles. The Balaban J connectivity index is 2.35. The van der Waals surface area contributed by atoms with Gasteiger partial charge < -0.3 is 20.7 Å². The lowest BCUT2D eigenvalue weighted by Crippen LogP contribution is -2.81. The fourth-order valence-electron chi connectivity index (χ4n) is 2.14. The number of carbonyl (C=O) groups is 4. The SMILES string of the molecule is CC(=O)OCC1=C(C(=O)O)N2C(=O)C(N)(C(=O)O)[C@H]2SC1. The van der Waals surface area contributed by atoms with Gasteiger partial charge in [-0.05, 0) is 0 Å². The van der Waals surface area contributed by atoms with Crippen molar-refractivity contribution in [1.29, 1.82) is 0 Å². The number of ether oxygens (including phenoxy) is 1. The van der Waals surface area contributed by atoms with Crippen molar-refractivity contribution >= 4 is 35.6 Å². The van der Waals surface area contributed by atoms with Crippen LogP contribution in [0.2, 0.25) is 0 Å². The third-order valence-corrected chi connectivity index (χ3v) is 4.61. The second-order valence-electron chi connectivity index (χ2n) is 4.55. The zero-order chi connectivity index (χ0) is 15.9. The zero-order valence-electron chi connectivity index (χ0n) is 10.9. The monoisotopic (exact) mass is 316 g/mol. The number of thioether (sulfide) groups is 1. The van der Waals surface area contributed by atoms with Crippen LogP contribution in [0.4, 0.5) is 0 Å². The number of carbonyl (C=O) groups excluding carboxylic acids is 2. The normalized spacial score (nSPS) is 27.8. The Bertz CT molecular complexity index is 587. The summed E-state index contributed by atoms with van der Waals surface area (Å²) in [4.78, 5) is 46.1. The van der Waals surface area contributed by atoms with Gasteiger partial charge in [0.15, 0.2) is 0 Å². The molecule has 0 radical (unpaired) electrons. The first-order valence-corrected chi connectivity index (χ1v) is 6.82. The van der Waals surface area contributed by atoms with Gasteiger partial charge in [-0.1, -0.05) is 0 Å². The Morgan fingerprint density at radius 3 is 2.57 bits per heavy atom. The van der Waals surface area contributed by atoms with Crippen molar-refractivity contribution in [2.75, 3.05) is 12.4 Å². The number of fused-ring (bicyclic) bond motifs is 1. The van der Waals surface area contributed by atoms with Crippen LogP contribution in [-0.4, -0.2) is 62.2 Å². The summed E-state index contributed by atoms with van der Waals surface area (Å²) >= 11 is 1.02. The van der Waals surface area contributed by atoms with E-state index in [-0.39, 0.29) is 23.6 Å². The number of aliphatic carboxylic acids is 2. The van der Waals surface area contributed by atoms with Crippen LogP contribution in [0.5, 0.6) is 0 Å². The molecule has 0 bridgehead atoms. The van der Waals surface area contributed by atoms with Crippen LogP contribution in [0.25, 0.3) is 0 Å². The van der Waals surface area contributed by atoms with Gasteiger partial charge >= 0.3 is 17.9 Å². The standard InChI is InChI=1S/C11H12N2O7S/c1-4(14)20-2-5-3-21-9-11(12,10(18)19)8(17)13(9)6(5)7(15)16/h9H,2-3,12H2,1H3,(H,15,16)(H,18,19)/t9-,11?/m1/s1. The first kappa shape index (κ1) is 15.3. The van der Waals surface area contributed by atoms with E-state index in [0.717, 1.165) is 16.7 Å². The second kappa shape index (κ2) is 5.04. The molecule has 0 spiro atoms. The molecule has 1 unspecified atom stereocenters. The third kappa shape index (κ3) is 2.16. The van der Waals surface area contributed by atoms with E-state index >= 15 is 0 Å². The van der Waals surface area contributed by atoms with E-state index in [1.54, 1.807) is 0 Å². The van der Waals surface area contributed by atoms with E-state index in [2.05, 4.69) is 0 Å². The highest BCUT2D eigenvalue weighted by atomic mass is 32.2. The van der Waals surface area contributed by atoms with E-state index in [9.17, 15) is 24.3 Å². The summed E-state index contributed by atoms with van der Waals surface area (Å²) in [7, 11) is 0. The molecule has 2 aliphatic heterocycles. The van der Waals surface area contributed by atoms with Crippen molar-refractivity contribution < 1.29 is 34.1 Å². The molecular weight excluding hydrogens is 304 g/mol. The lowest BCUT2D eigenvalue weighted by Gasteiger charge is -2.52. The molecule has 0 aromatic heterocycles. The highest BCUT2D eigenvalue weighted by Crippen LogP contribution is 2.45. The van der Waals surface area contributed by atoms with E-state index in [4.69, 9.17) is 15.6 Å². The predicted octanol–water partition coefficient (Wildman–Crippen LogP) is -1.41. The van der Waals surface area contributed by atoms with E-state index in [1.165, 1.54) is 6.92 Å². The lowest BCUT2D eigenvalue weighted by molar-refractivity contribution is -0.167. The molecule has 0 aliphatic carbocycles. The van der Waals surface area contributed by atoms with Crippen LogP contribution in [0, 0.1) is 0 Å². The minimum atomic E-state index is -2.13. The molecule has 9 nitrogen and oxygen atoms in total. The number of nitrogens with two attached hydrogens (primary N) is 1. The summed E-state index contributed by atoms with van der Waals surface area (Å²) < 4.78 is 4.75. The molecule has 1 saturated heterocycles. The Morgan fingerprint density at radius 2 is 2.10 bits per heavy atom. The van der Waals surface area contributed by atoms with Gasteiger partial charge in [0.2, 0.25) is 5.54 Å². The van der Waals surface area contributed by atoms with Gasteiger partial charge in [0.25, 0.3) is 5.91 Å². The topological polar surface area (TPSA) is 147 Å². The summed E-state index contributed by atoms with van der Waals surface area (Å²) in [6.07, 6.45) is 0. The molecule has 114 valence electrons. The number of hydrogen-bond donors (Lipinski definition) is 3. The van der Waals surface area contributed by atoms with E-state index in [0.29, 0.717) is 0 Å². The molecule has 1 amide bonds. The number of carboxylic acid groups (broad SMARTS) is 2. The highest BCUT2D eigenvalue weighted by Gasteiger charge is 2.67. The summed E-state index contributed by atoms with van der Waals surface area (Å²) in [5, 5.41) is 17.3. The van der Waals surface area contributed by atoms with Gasteiger partial charge in [0.1, 0.15) is 17.7 Å². The minimum absolute atomic E-state index is 0.107. The zero-order valence-corrected chi connectivity index (χ0v) is 11.7. The average molecular weight is 316 g/mol. The van der Waals surface area contributed by atoms with E-state index in [1.807, 2.05) is 0 Å². The summed E-state index contributed by atoms with van der Waals surface area (Å²) in [5.74, 6) is -4.38. The molecule has 2 heterocycles. The number of rotatable bonds is 4. The van der Waals surface area contributed by atoms with Crippen LogP contribution in [0.15, 0.2) is 11.3 Å². The Labute approximate surface area is 122 Å². The molecule has 0 aromatic rings. The Kier molecular flexibility index (Phi) is 3.68. The molecule has 2 atom stereocenters. The van der Waals surface area contributed by atoms with Crippen LogP contribution in [-0.2, 0) is 23.9 Å². The molecule has 0 aromatic carbocycles. The molecular formula is C11H12N2O7S. The Hall–Kier alpha value is -2.07. The van der Waals surface area contributed by atoms with Crippen LogP contribution >= 0.6 is 11.8 Å². The second-order valence-corrected chi connectivity index (χ2v) is 5.62. The fourth-order valence-corrected chi connectivity index (χ4v) is 3.54. The molecule has 21 heavy (non-hydrogen) atoms. The molecule has 1 fully saturated rings. The van der Waals surface area contributed by atoms with Gasteiger partial charge in [-0.3, -0.25) is 14.5 Å². The van der Waals surface area contributed by atoms with Crippen LogP contribution < -0.4 is 5.73 Å². The predicted molar refractivity (Wildman–Crippen MR) is 68.9 cm³/mol. The van der Waals surface area contributed by atoms with Gasteiger partial charge in [-0.2, -0.15) is 0 Å². The van der Waals surface area contributed by atoms with Crippen LogP contribution in [0.3, 0.4) is 0 Å². The van der Waals surface area contributed by atoms with Crippen molar-refractivity contribution in [3.8, 4) is 0 Å². The summed E-state index contributed by atoms with van der Waals surface area (Å²) in [5.41, 5.74) is 3.29. The fraction of sp³-hybridized carbons (Fsp3) is 0.455. The maximum Gasteiger partial charge on any atom is 0.352 e. The lowest BCUT2D eigenvalue weighted by atomic mass is 9.87. The summed E-state index contributed by atoms with van der Waals surface area (Å²) in [6.45, 7) is 0.898. The van der Waals surface area contributed by atoms with Crippen molar-refractivity contribution in [2.24, 2.45) is 5.73 Å². The number of amides is 1. The van der Waals surface area contributed by atoms with Crippen molar-refractivity contribution in [3.05, 3.63) is 11.3 Å². The first-order chi connectivity index (χ1) is 9.71. The number of hydrogen-bond acceptors (Lipinski definition) is 7. The maximum atomic E-state index is 12.0. The molecule has 2 aliphatic rings. The largest absolute Gasteiger partial charge is 0.479 e. The minimum Gasteiger partial charge on any atom is -0.479 e. The quantitative estimate of drug-likeness (QED) is 0.323. The molecule has 10 heteroatoms. The van der Waals surface area contributed by atoms with Gasteiger partial charge in [-0.25, -0.2) is 9.59 Å². The summed E-state index contributed by atoms with van der Waals surface area (Å²) in [6, 6.07) is 0. The van der Waals surface area contributed by atoms with Gasteiger partial charge in [0, 0.05) is 18.2 Å². The highest BCUT2D eigenvalue weighted by molar-refractivity contribution is 8.00. The van der Waals surface area contributed by atoms with Gasteiger partial charge in [0.05, 0.1) is 0 Å². The number of carboxylic acids is 2. The van der Waals surface area contributed by atoms with Crippen LogP contribution in [0.1, 0.15) is 6.92 Å². The first-order valence-electron chi connectivity index (χ1n) is 5.77. The van der Waals surface area contributed by atoms with Crippen molar-refractivity contribution in [3.63, 3.8) is 0 Å². The van der Waals surface area contributed by atoms with Crippen molar-refractivity contribution in [2.45, 2.75) is 17.8 Å².